The first-order valence-corrected chi connectivity index (χ1v) is 18.4. The first-order chi connectivity index (χ1) is 26.8. The van der Waals surface area contributed by atoms with Gasteiger partial charge in [-0.25, -0.2) is 9.97 Å². The maximum Gasteiger partial charge on any atom is 0.308 e. The van der Waals surface area contributed by atoms with Crippen molar-refractivity contribution in [2.75, 3.05) is 0 Å². The van der Waals surface area contributed by atoms with E-state index in [1.807, 2.05) is 24.3 Å². The summed E-state index contributed by atoms with van der Waals surface area (Å²) in [5, 5.41) is 0. The van der Waals surface area contributed by atoms with Crippen molar-refractivity contribution in [2.45, 2.75) is 27.7 Å². The normalized spacial score (nSPS) is 11.9. The van der Waals surface area contributed by atoms with Gasteiger partial charge in [0.1, 0.15) is 5.75 Å². The van der Waals surface area contributed by atoms with E-state index in [-0.39, 0.29) is 5.97 Å². The van der Waals surface area contributed by atoms with Crippen molar-refractivity contribution in [3.05, 3.63) is 161 Å². The Morgan fingerprint density at radius 2 is 0.691 bits per heavy atom. The third kappa shape index (κ3) is 6.48. The number of nitrogens with zero attached hydrogens (tertiary/aromatic N) is 2. The first-order valence-electron chi connectivity index (χ1n) is 18.4. The van der Waals surface area contributed by atoms with Gasteiger partial charge in [0.05, 0.1) is 22.8 Å². The average molecular weight is 715 g/mol. The summed E-state index contributed by atoms with van der Waals surface area (Å²) >= 11 is 0. The summed E-state index contributed by atoms with van der Waals surface area (Å²) in [7, 11) is 0. The van der Waals surface area contributed by atoms with Crippen molar-refractivity contribution in [2.24, 2.45) is 0 Å². The van der Waals surface area contributed by atoms with Gasteiger partial charge in [0.2, 0.25) is 0 Å². The standard InChI is InChI=1S/C49H38N4O2/c1-29-5-11-33(12-6-29)46-38-21-23-40(50-38)47(34-13-7-30(2)8-14-34)42-25-27-44(52-42)49(36-17-19-37(20-18-36)55-32(4)54)45-28-26-43(53-45)48(41-24-22-39(46)51-41)35-15-9-31(3)10-16-35/h5-28,50,53H,1-4H3. The predicted molar refractivity (Wildman–Crippen MR) is 226 cm³/mol. The van der Waals surface area contributed by atoms with Crippen LogP contribution < -0.4 is 4.74 Å². The molecule has 2 aliphatic heterocycles. The highest BCUT2D eigenvalue weighted by Crippen LogP contribution is 2.38. The molecule has 2 N–H and O–H groups in total. The molecule has 266 valence electrons. The number of benzene rings is 4. The van der Waals surface area contributed by atoms with Gasteiger partial charge in [0.25, 0.3) is 0 Å². The zero-order valence-electron chi connectivity index (χ0n) is 31.1. The number of H-pyrrole nitrogens is 2. The second kappa shape index (κ2) is 13.7. The number of fused-ring (bicyclic) bond motifs is 8. The van der Waals surface area contributed by atoms with Crippen molar-refractivity contribution >= 4 is 52.3 Å². The van der Waals surface area contributed by atoms with Crippen LogP contribution in [0.25, 0.3) is 90.9 Å². The van der Waals surface area contributed by atoms with Crippen LogP contribution in [0.5, 0.6) is 5.75 Å². The number of carbonyl (C=O) groups excluding carboxylic acids is 1. The van der Waals surface area contributed by atoms with Crippen molar-refractivity contribution in [1.82, 2.24) is 19.9 Å². The van der Waals surface area contributed by atoms with Gasteiger partial charge in [-0.3, -0.25) is 4.79 Å². The fourth-order valence-corrected chi connectivity index (χ4v) is 7.44. The second-order valence-corrected chi connectivity index (χ2v) is 14.2. The number of esters is 1. The molecule has 0 atom stereocenters. The quantitative estimate of drug-likeness (QED) is 0.137. The van der Waals surface area contributed by atoms with E-state index in [1.165, 1.54) is 23.6 Å². The summed E-state index contributed by atoms with van der Waals surface area (Å²) in [6.07, 6.45) is 8.42. The van der Waals surface area contributed by atoms with Crippen LogP contribution in [0, 0.1) is 20.8 Å². The fraction of sp³-hybridized carbons (Fsp3) is 0.0816. The number of aryl methyl sites for hydroxylation is 3. The second-order valence-electron chi connectivity index (χ2n) is 14.2. The van der Waals surface area contributed by atoms with Gasteiger partial charge in [-0.15, -0.1) is 0 Å². The molecule has 55 heavy (non-hydrogen) atoms. The molecular weight excluding hydrogens is 677 g/mol. The Morgan fingerprint density at radius 3 is 0.964 bits per heavy atom. The number of hydrogen-bond donors (Lipinski definition) is 2. The van der Waals surface area contributed by atoms with Crippen LogP contribution in [-0.4, -0.2) is 25.9 Å². The Kier molecular flexibility index (Phi) is 8.43. The van der Waals surface area contributed by atoms with Crippen molar-refractivity contribution in [1.29, 1.82) is 0 Å². The van der Waals surface area contributed by atoms with Gasteiger partial charge in [-0.1, -0.05) is 102 Å². The lowest BCUT2D eigenvalue weighted by atomic mass is 10.0. The predicted octanol–water partition coefficient (Wildman–Crippen LogP) is 12.2. The van der Waals surface area contributed by atoms with Crippen molar-refractivity contribution in [3.63, 3.8) is 0 Å². The molecule has 0 aliphatic carbocycles. The van der Waals surface area contributed by atoms with E-state index >= 15 is 0 Å². The molecule has 0 spiro atoms. The molecule has 0 radical (unpaired) electrons. The molecule has 3 aromatic heterocycles. The Morgan fingerprint density at radius 1 is 0.418 bits per heavy atom. The lowest BCUT2D eigenvalue weighted by Gasteiger charge is -2.08. The highest BCUT2D eigenvalue weighted by molar-refractivity contribution is 5.99. The van der Waals surface area contributed by atoms with Crippen LogP contribution in [0.3, 0.4) is 0 Å². The third-order valence-corrected chi connectivity index (χ3v) is 10.2. The number of ether oxygens (including phenoxy) is 1. The number of aromatic nitrogens is 4. The average Bonchev–Trinajstić information content (AvgIpc) is 4.02. The summed E-state index contributed by atoms with van der Waals surface area (Å²) in [6.45, 7) is 7.72. The lowest BCUT2D eigenvalue weighted by molar-refractivity contribution is -0.131. The van der Waals surface area contributed by atoms with Crippen LogP contribution in [0.1, 0.15) is 46.4 Å². The number of rotatable bonds is 5. The molecule has 5 heterocycles. The van der Waals surface area contributed by atoms with Crippen LogP contribution in [0.4, 0.5) is 0 Å². The fourth-order valence-electron chi connectivity index (χ4n) is 7.44. The van der Waals surface area contributed by atoms with Crippen LogP contribution >= 0.6 is 0 Å². The zero-order chi connectivity index (χ0) is 37.6. The molecular formula is C49H38N4O2. The van der Waals surface area contributed by atoms with Crippen molar-refractivity contribution in [3.8, 4) is 50.3 Å². The summed E-state index contributed by atoms with van der Waals surface area (Å²) in [5.41, 5.74) is 18.8. The topological polar surface area (TPSA) is 83.7 Å². The zero-order valence-corrected chi connectivity index (χ0v) is 31.1. The van der Waals surface area contributed by atoms with E-state index in [0.717, 1.165) is 89.4 Å². The highest BCUT2D eigenvalue weighted by atomic mass is 16.5. The Labute approximate surface area is 319 Å². The van der Waals surface area contributed by atoms with E-state index in [0.29, 0.717) is 5.75 Å². The molecule has 0 saturated heterocycles. The summed E-state index contributed by atoms with van der Waals surface area (Å²) in [6, 6.07) is 42.0. The minimum atomic E-state index is -0.361. The molecule has 4 aromatic carbocycles. The third-order valence-electron chi connectivity index (χ3n) is 10.2. The number of carbonyl (C=O) groups is 1. The van der Waals surface area contributed by atoms with Gasteiger partial charge < -0.3 is 14.7 Å². The van der Waals surface area contributed by atoms with Gasteiger partial charge in [-0.05, 0) is 104 Å². The summed E-state index contributed by atoms with van der Waals surface area (Å²) in [4.78, 5) is 30.1. The van der Waals surface area contributed by atoms with E-state index in [1.54, 1.807) is 0 Å². The van der Waals surface area contributed by atoms with Crippen LogP contribution in [-0.2, 0) is 4.79 Å². The molecule has 9 rings (SSSR count). The highest BCUT2D eigenvalue weighted by Gasteiger charge is 2.19. The molecule has 6 heteroatoms. The van der Waals surface area contributed by atoms with E-state index in [2.05, 4.69) is 152 Å². The minimum Gasteiger partial charge on any atom is -0.427 e. The molecule has 0 amide bonds. The summed E-state index contributed by atoms with van der Waals surface area (Å²) in [5.74, 6) is 0.126. The van der Waals surface area contributed by atoms with Gasteiger partial charge in [-0.2, -0.15) is 0 Å². The maximum absolute atomic E-state index is 11.7. The first kappa shape index (κ1) is 33.8. The number of hydrogen-bond acceptors (Lipinski definition) is 4. The SMILES string of the molecule is CC(=O)Oc1ccc(-c2c3nc(c(-c4ccc(C)cc4)c4ccc([nH]4)c(-c4ccc(C)cc4)c4nc(c(-c5ccc(C)cc5)c5ccc2[nH]5)C=C4)C=C3)cc1. The Hall–Kier alpha value is -7.05. The summed E-state index contributed by atoms with van der Waals surface area (Å²) < 4.78 is 5.39. The number of aromatic amines is 2. The van der Waals surface area contributed by atoms with Gasteiger partial charge in [0.15, 0.2) is 0 Å². The molecule has 2 aliphatic rings. The molecule has 0 saturated carbocycles. The molecule has 0 fully saturated rings. The molecule has 8 bridgehead atoms. The molecule has 7 aromatic rings. The Balaban J connectivity index is 1.44. The van der Waals surface area contributed by atoms with Crippen LogP contribution in [0.15, 0.2) is 121 Å². The van der Waals surface area contributed by atoms with Gasteiger partial charge in [0, 0.05) is 51.2 Å². The smallest absolute Gasteiger partial charge is 0.308 e. The van der Waals surface area contributed by atoms with E-state index < -0.39 is 0 Å². The van der Waals surface area contributed by atoms with Crippen LogP contribution in [0.2, 0.25) is 0 Å². The maximum atomic E-state index is 11.7. The number of nitrogens with one attached hydrogen (secondary N) is 2. The van der Waals surface area contributed by atoms with Gasteiger partial charge >= 0.3 is 5.97 Å². The molecule has 0 unspecified atom stereocenters. The molecule has 6 nitrogen and oxygen atoms in total. The minimum absolute atomic E-state index is 0.361. The largest absolute Gasteiger partial charge is 0.427 e. The van der Waals surface area contributed by atoms with E-state index in [4.69, 9.17) is 14.7 Å². The van der Waals surface area contributed by atoms with E-state index in [9.17, 15) is 4.79 Å². The Bertz CT molecular complexity index is 2810. The lowest BCUT2D eigenvalue weighted by Crippen LogP contribution is -2.00. The van der Waals surface area contributed by atoms with Crippen molar-refractivity contribution < 1.29 is 9.53 Å². The monoisotopic (exact) mass is 714 g/mol.